The molecule has 0 aliphatic heterocycles. The molecule has 0 saturated heterocycles. The first-order chi connectivity index (χ1) is 9.39. The summed E-state index contributed by atoms with van der Waals surface area (Å²) in [6, 6.07) is 7.69. The number of nitrogens with zero attached hydrogens (tertiary/aromatic N) is 2. The molecule has 1 rings (SSSR count). The molecule has 0 aromatic heterocycles. The zero-order valence-corrected chi connectivity index (χ0v) is 11.9. The third-order valence-electron chi connectivity index (χ3n) is 2.80. The molecule has 0 unspecified atom stereocenters. The lowest BCUT2D eigenvalue weighted by atomic mass is 10.2. The zero-order chi connectivity index (χ0) is 15.2. The Morgan fingerprint density at radius 2 is 2.15 bits per heavy atom. The van der Waals surface area contributed by atoms with Crippen LogP contribution < -0.4 is 0 Å². The van der Waals surface area contributed by atoms with E-state index in [2.05, 4.69) is 0 Å². The Morgan fingerprint density at radius 3 is 2.70 bits per heavy atom. The van der Waals surface area contributed by atoms with Crippen LogP contribution in [-0.2, 0) is 14.6 Å². The number of aliphatic carboxylic acids is 1. The van der Waals surface area contributed by atoms with E-state index in [4.69, 9.17) is 10.4 Å². The van der Waals surface area contributed by atoms with Gasteiger partial charge in [0.05, 0.1) is 28.8 Å². The second kappa shape index (κ2) is 7.03. The minimum Gasteiger partial charge on any atom is -0.480 e. The normalized spacial score (nSPS) is 11.2. The van der Waals surface area contributed by atoms with Gasteiger partial charge in [-0.05, 0) is 24.7 Å². The van der Waals surface area contributed by atoms with Crippen LogP contribution in [0.5, 0.6) is 0 Å². The fourth-order valence-electron chi connectivity index (χ4n) is 1.67. The van der Waals surface area contributed by atoms with Crippen molar-refractivity contribution in [2.45, 2.75) is 11.8 Å². The number of carboxylic acids is 1. The molecule has 0 heterocycles. The largest absolute Gasteiger partial charge is 0.480 e. The summed E-state index contributed by atoms with van der Waals surface area (Å²) >= 11 is 0. The molecule has 20 heavy (non-hydrogen) atoms. The van der Waals surface area contributed by atoms with E-state index in [-0.39, 0.29) is 29.3 Å². The monoisotopic (exact) mass is 296 g/mol. The highest BCUT2D eigenvalue weighted by Crippen LogP contribution is 2.13. The summed E-state index contributed by atoms with van der Waals surface area (Å²) in [4.78, 5) is 12.2. The lowest BCUT2D eigenvalue weighted by molar-refractivity contribution is -0.138. The summed E-state index contributed by atoms with van der Waals surface area (Å²) < 4.78 is 24.2. The van der Waals surface area contributed by atoms with Crippen LogP contribution in [0.2, 0.25) is 0 Å². The summed E-state index contributed by atoms with van der Waals surface area (Å²) in [5.41, 5.74) is 0.281. The Balaban J connectivity index is 2.79. The Kier molecular flexibility index (Phi) is 5.67. The molecule has 6 nitrogen and oxygen atoms in total. The molecule has 0 radical (unpaired) electrons. The first kappa shape index (κ1) is 16.1. The van der Waals surface area contributed by atoms with Crippen molar-refractivity contribution in [1.29, 1.82) is 5.26 Å². The summed E-state index contributed by atoms with van der Waals surface area (Å²) in [6.45, 7) is 2.18. The summed E-state index contributed by atoms with van der Waals surface area (Å²) in [5.74, 6) is -1.17. The molecule has 1 aromatic rings. The lowest BCUT2D eigenvalue weighted by Gasteiger charge is -2.17. The number of rotatable bonds is 7. The van der Waals surface area contributed by atoms with Crippen molar-refractivity contribution >= 4 is 15.8 Å². The van der Waals surface area contributed by atoms with Crippen molar-refractivity contribution in [3.05, 3.63) is 29.8 Å². The van der Waals surface area contributed by atoms with Gasteiger partial charge in [0.1, 0.15) is 0 Å². The Labute approximate surface area is 118 Å². The van der Waals surface area contributed by atoms with Gasteiger partial charge in [0.15, 0.2) is 9.84 Å². The lowest BCUT2D eigenvalue weighted by Crippen LogP contribution is -2.33. The van der Waals surface area contributed by atoms with Crippen molar-refractivity contribution in [1.82, 2.24) is 4.90 Å². The van der Waals surface area contributed by atoms with Crippen molar-refractivity contribution < 1.29 is 18.3 Å². The standard InChI is InChI=1S/C13H16N2O4S/c1-2-15(10-13(16)17)6-7-20(18,19)12-5-3-4-11(8-12)9-14/h3-5,8H,2,6-7,10H2,1H3,(H,16,17). The number of hydrogen-bond donors (Lipinski definition) is 1. The fourth-order valence-corrected chi connectivity index (χ4v) is 2.99. The Hall–Kier alpha value is -1.91. The molecule has 0 aliphatic rings. The van der Waals surface area contributed by atoms with Crippen LogP contribution in [0.1, 0.15) is 12.5 Å². The smallest absolute Gasteiger partial charge is 0.317 e. The highest BCUT2D eigenvalue weighted by molar-refractivity contribution is 7.91. The molecule has 0 amide bonds. The van der Waals surface area contributed by atoms with Gasteiger partial charge in [0.25, 0.3) is 0 Å². The van der Waals surface area contributed by atoms with Gasteiger partial charge in [-0.15, -0.1) is 0 Å². The number of likely N-dealkylation sites (N-methyl/N-ethyl adjacent to an activating group) is 1. The summed E-state index contributed by atoms with van der Waals surface area (Å²) in [7, 11) is -3.52. The number of carbonyl (C=O) groups is 1. The van der Waals surface area contributed by atoms with E-state index in [1.807, 2.05) is 6.07 Å². The van der Waals surface area contributed by atoms with Crippen molar-refractivity contribution in [3.8, 4) is 6.07 Å². The average molecular weight is 296 g/mol. The van der Waals surface area contributed by atoms with Crippen LogP contribution in [0, 0.1) is 11.3 Å². The van der Waals surface area contributed by atoms with Gasteiger partial charge in [-0.1, -0.05) is 13.0 Å². The van der Waals surface area contributed by atoms with E-state index < -0.39 is 15.8 Å². The maximum Gasteiger partial charge on any atom is 0.317 e. The molecule has 1 aromatic carbocycles. The molecule has 0 spiro atoms. The SMILES string of the molecule is CCN(CCS(=O)(=O)c1cccc(C#N)c1)CC(=O)O. The predicted octanol–water partition coefficient (Wildman–Crippen LogP) is 0.738. The van der Waals surface area contributed by atoms with Crippen LogP contribution >= 0.6 is 0 Å². The highest BCUT2D eigenvalue weighted by Gasteiger charge is 2.17. The molecular formula is C13H16N2O4S. The molecule has 0 saturated carbocycles. The van der Waals surface area contributed by atoms with Gasteiger partial charge >= 0.3 is 5.97 Å². The molecule has 0 atom stereocenters. The third kappa shape index (κ3) is 4.64. The minimum atomic E-state index is -3.52. The second-order valence-corrected chi connectivity index (χ2v) is 6.33. The van der Waals surface area contributed by atoms with E-state index in [1.165, 1.54) is 29.2 Å². The predicted molar refractivity (Wildman–Crippen MR) is 73.0 cm³/mol. The third-order valence-corrected chi connectivity index (χ3v) is 4.50. The number of carboxylic acid groups (broad SMARTS) is 1. The number of benzene rings is 1. The average Bonchev–Trinajstić information content (AvgIpc) is 2.43. The maximum atomic E-state index is 12.1. The number of hydrogen-bond acceptors (Lipinski definition) is 5. The number of sulfone groups is 1. The van der Waals surface area contributed by atoms with E-state index in [9.17, 15) is 13.2 Å². The molecule has 0 fully saturated rings. The first-order valence-corrected chi connectivity index (χ1v) is 7.71. The zero-order valence-electron chi connectivity index (χ0n) is 11.1. The van der Waals surface area contributed by atoms with Gasteiger partial charge in [0, 0.05) is 6.54 Å². The molecule has 1 N–H and O–H groups in total. The molecule has 0 aliphatic carbocycles. The van der Waals surface area contributed by atoms with Gasteiger partial charge in [-0.3, -0.25) is 9.69 Å². The quantitative estimate of drug-likeness (QED) is 0.796. The maximum absolute atomic E-state index is 12.1. The summed E-state index contributed by atoms with van der Waals surface area (Å²) in [6.07, 6.45) is 0. The molecule has 108 valence electrons. The Bertz CT molecular complexity index is 620. The van der Waals surface area contributed by atoms with E-state index in [0.29, 0.717) is 6.54 Å². The van der Waals surface area contributed by atoms with Crippen LogP contribution in [0.25, 0.3) is 0 Å². The fraction of sp³-hybridized carbons (Fsp3) is 0.385. The van der Waals surface area contributed by atoms with Gasteiger partial charge in [0.2, 0.25) is 0 Å². The van der Waals surface area contributed by atoms with Crippen LogP contribution in [0.3, 0.4) is 0 Å². The van der Waals surface area contributed by atoms with Gasteiger partial charge in [-0.25, -0.2) is 8.42 Å². The van der Waals surface area contributed by atoms with Crippen LogP contribution in [0.15, 0.2) is 29.2 Å². The van der Waals surface area contributed by atoms with Crippen molar-refractivity contribution in [3.63, 3.8) is 0 Å². The molecule has 7 heteroatoms. The van der Waals surface area contributed by atoms with Gasteiger partial charge in [-0.2, -0.15) is 5.26 Å². The number of nitriles is 1. The highest BCUT2D eigenvalue weighted by atomic mass is 32.2. The van der Waals surface area contributed by atoms with Crippen molar-refractivity contribution in [2.24, 2.45) is 0 Å². The summed E-state index contributed by atoms with van der Waals surface area (Å²) in [5, 5.41) is 17.5. The first-order valence-electron chi connectivity index (χ1n) is 6.06. The minimum absolute atomic E-state index is 0.0860. The van der Waals surface area contributed by atoms with Crippen molar-refractivity contribution in [2.75, 3.05) is 25.4 Å². The van der Waals surface area contributed by atoms with E-state index in [0.717, 1.165) is 0 Å². The molecule has 0 bridgehead atoms. The van der Waals surface area contributed by atoms with Crippen LogP contribution in [-0.4, -0.2) is 49.8 Å². The molecular weight excluding hydrogens is 280 g/mol. The van der Waals surface area contributed by atoms with Gasteiger partial charge < -0.3 is 5.11 Å². The van der Waals surface area contributed by atoms with E-state index in [1.54, 1.807) is 6.92 Å². The topological polar surface area (TPSA) is 98.5 Å². The Morgan fingerprint density at radius 1 is 1.45 bits per heavy atom. The second-order valence-electron chi connectivity index (χ2n) is 4.22. The van der Waals surface area contributed by atoms with E-state index >= 15 is 0 Å². The van der Waals surface area contributed by atoms with Crippen LogP contribution in [0.4, 0.5) is 0 Å².